The second-order valence-corrected chi connectivity index (χ2v) is 5.96. The zero-order chi connectivity index (χ0) is 13.1. The van der Waals surface area contributed by atoms with Crippen molar-refractivity contribution in [3.8, 4) is 0 Å². The van der Waals surface area contributed by atoms with Crippen LogP contribution in [0.1, 0.15) is 13.8 Å². The molecule has 0 bridgehead atoms. The molecule has 0 saturated heterocycles. The highest BCUT2D eigenvalue weighted by Crippen LogP contribution is 2.32. The molecule has 0 aliphatic carbocycles. The lowest BCUT2D eigenvalue weighted by Crippen LogP contribution is -2.30. The highest BCUT2D eigenvalue weighted by Gasteiger charge is 2.15. The number of thiazole rings is 1. The summed E-state index contributed by atoms with van der Waals surface area (Å²) in [4.78, 5) is 4.55. The lowest BCUT2D eigenvalue weighted by Gasteiger charge is -2.20. The van der Waals surface area contributed by atoms with Crippen LogP contribution >= 0.6 is 22.9 Å². The van der Waals surface area contributed by atoms with Gasteiger partial charge in [-0.15, -0.1) is 0 Å². The number of nitrogens with zero attached hydrogens (tertiary/aromatic N) is 1. The zero-order valence-corrected chi connectivity index (χ0v) is 12.3. The molecule has 0 fully saturated rings. The Labute approximate surface area is 116 Å². The minimum atomic E-state index is 0.259. The number of fused-ring (bicyclic) bond motifs is 1. The highest BCUT2D eigenvalue weighted by atomic mass is 35.5. The molecule has 2 rings (SSSR count). The molecule has 1 unspecified atom stereocenters. The molecule has 1 heterocycles. The van der Waals surface area contributed by atoms with Crippen LogP contribution in [-0.4, -0.2) is 24.7 Å². The molecule has 0 radical (unpaired) electrons. The summed E-state index contributed by atoms with van der Waals surface area (Å²) < 4.78 is 6.25. The number of hydrogen-bond acceptors (Lipinski definition) is 4. The van der Waals surface area contributed by atoms with E-state index in [2.05, 4.69) is 24.1 Å². The van der Waals surface area contributed by atoms with Gasteiger partial charge in [0.1, 0.15) is 0 Å². The van der Waals surface area contributed by atoms with Gasteiger partial charge in [0.05, 0.1) is 27.9 Å². The Morgan fingerprint density at radius 1 is 1.44 bits per heavy atom. The van der Waals surface area contributed by atoms with Gasteiger partial charge in [-0.3, -0.25) is 0 Å². The van der Waals surface area contributed by atoms with Crippen LogP contribution in [0.25, 0.3) is 10.2 Å². The summed E-state index contributed by atoms with van der Waals surface area (Å²) >= 11 is 7.73. The molecule has 2 aromatic rings. The highest BCUT2D eigenvalue weighted by molar-refractivity contribution is 7.22. The fourth-order valence-electron chi connectivity index (χ4n) is 1.72. The summed E-state index contributed by atoms with van der Waals surface area (Å²) in [6.45, 7) is 5.00. The van der Waals surface area contributed by atoms with Crippen molar-refractivity contribution >= 4 is 38.3 Å². The predicted molar refractivity (Wildman–Crippen MR) is 78.8 cm³/mol. The van der Waals surface area contributed by atoms with Crippen molar-refractivity contribution in [2.24, 2.45) is 5.92 Å². The van der Waals surface area contributed by atoms with Gasteiger partial charge in [0.15, 0.2) is 5.13 Å². The summed E-state index contributed by atoms with van der Waals surface area (Å²) in [6.07, 6.45) is 0. The van der Waals surface area contributed by atoms with Crippen molar-refractivity contribution in [1.82, 2.24) is 4.98 Å². The van der Waals surface area contributed by atoms with Gasteiger partial charge >= 0.3 is 0 Å². The number of methoxy groups -OCH3 is 1. The van der Waals surface area contributed by atoms with Crippen LogP contribution in [-0.2, 0) is 4.74 Å². The Balaban J connectivity index is 2.23. The number of anilines is 1. The maximum atomic E-state index is 6.15. The molecule has 98 valence electrons. The molecule has 0 amide bonds. The molecular weight excluding hydrogens is 268 g/mol. The normalized spacial score (nSPS) is 13.2. The van der Waals surface area contributed by atoms with E-state index in [1.54, 1.807) is 18.4 Å². The lowest BCUT2D eigenvalue weighted by atomic mass is 10.1. The third kappa shape index (κ3) is 2.94. The van der Waals surface area contributed by atoms with Gasteiger partial charge < -0.3 is 10.1 Å². The van der Waals surface area contributed by atoms with Crippen molar-refractivity contribution in [1.29, 1.82) is 0 Å². The lowest BCUT2D eigenvalue weighted by molar-refractivity contribution is 0.171. The molecule has 1 aromatic carbocycles. The predicted octanol–water partition coefficient (Wildman–Crippen LogP) is 4.03. The summed E-state index contributed by atoms with van der Waals surface area (Å²) in [5.41, 5.74) is 0.940. The second kappa shape index (κ2) is 5.87. The van der Waals surface area contributed by atoms with Gasteiger partial charge in [0, 0.05) is 7.11 Å². The average Bonchev–Trinajstić information content (AvgIpc) is 2.72. The number of rotatable bonds is 5. The quantitative estimate of drug-likeness (QED) is 0.900. The van der Waals surface area contributed by atoms with Crippen LogP contribution in [0.15, 0.2) is 18.2 Å². The van der Waals surface area contributed by atoms with E-state index in [0.717, 1.165) is 20.4 Å². The van der Waals surface area contributed by atoms with Gasteiger partial charge in [-0.05, 0) is 18.1 Å². The van der Waals surface area contributed by atoms with E-state index in [-0.39, 0.29) is 6.04 Å². The molecule has 0 aliphatic heterocycles. The number of nitrogens with one attached hydrogen (secondary N) is 1. The molecule has 18 heavy (non-hydrogen) atoms. The van der Waals surface area contributed by atoms with E-state index >= 15 is 0 Å². The Morgan fingerprint density at radius 3 is 2.83 bits per heavy atom. The topological polar surface area (TPSA) is 34.1 Å². The molecular formula is C13H17ClN2OS. The summed E-state index contributed by atoms with van der Waals surface area (Å²) in [6, 6.07) is 6.04. The standard InChI is InChI=1S/C13H17ClN2OS/c1-8(2)11(7-17-3)16-13-15-10-6-4-5-9(14)12(10)18-13/h4-6,8,11H,7H2,1-3H3,(H,15,16). The average molecular weight is 285 g/mol. The molecule has 1 N–H and O–H groups in total. The van der Waals surface area contributed by atoms with Crippen LogP contribution in [0.4, 0.5) is 5.13 Å². The van der Waals surface area contributed by atoms with Crippen molar-refractivity contribution in [2.75, 3.05) is 19.0 Å². The van der Waals surface area contributed by atoms with Crippen molar-refractivity contribution in [3.05, 3.63) is 23.2 Å². The van der Waals surface area contributed by atoms with Crippen LogP contribution in [0, 0.1) is 5.92 Å². The Kier molecular flexibility index (Phi) is 4.43. The van der Waals surface area contributed by atoms with E-state index < -0.39 is 0 Å². The first-order valence-corrected chi connectivity index (χ1v) is 7.11. The molecule has 3 nitrogen and oxygen atoms in total. The largest absolute Gasteiger partial charge is 0.383 e. The van der Waals surface area contributed by atoms with E-state index in [1.807, 2.05) is 18.2 Å². The first-order valence-electron chi connectivity index (χ1n) is 5.92. The second-order valence-electron chi connectivity index (χ2n) is 4.56. The van der Waals surface area contributed by atoms with E-state index in [0.29, 0.717) is 12.5 Å². The molecule has 1 atom stereocenters. The Morgan fingerprint density at radius 2 is 2.22 bits per heavy atom. The number of hydrogen-bond donors (Lipinski definition) is 1. The Bertz CT molecular complexity index is 527. The van der Waals surface area contributed by atoms with Crippen LogP contribution in [0.3, 0.4) is 0 Å². The van der Waals surface area contributed by atoms with Gasteiger partial charge in [-0.2, -0.15) is 0 Å². The maximum absolute atomic E-state index is 6.15. The zero-order valence-electron chi connectivity index (χ0n) is 10.7. The van der Waals surface area contributed by atoms with Gasteiger partial charge in [0.2, 0.25) is 0 Å². The van der Waals surface area contributed by atoms with Crippen molar-refractivity contribution in [2.45, 2.75) is 19.9 Å². The van der Waals surface area contributed by atoms with E-state index in [1.165, 1.54) is 0 Å². The fourth-order valence-corrected chi connectivity index (χ4v) is 2.93. The Hall–Kier alpha value is -0.840. The number of ether oxygens (including phenoxy) is 1. The summed E-state index contributed by atoms with van der Waals surface area (Å²) in [5, 5.41) is 5.07. The van der Waals surface area contributed by atoms with Crippen LogP contribution < -0.4 is 5.32 Å². The first-order chi connectivity index (χ1) is 8.61. The number of benzene rings is 1. The van der Waals surface area contributed by atoms with Crippen LogP contribution in [0.5, 0.6) is 0 Å². The van der Waals surface area contributed by atoms with Gasteiger partial charge in [0.25, 0.3) is 0 Å². The SMILES string of the molecule is COCC(Nc1nc2cccc(Cl)c2s1)C(C)C. The van der Waals surface area contributed by atoms with E-state index in [4.69, 9.17) is 16.3 Å². The third-order valence-electron chi connectivity index (χ3n) is 2.83. The van der Waals surface area contributed by atoms with Crippen molar-refractivity contribution in [3.63, 3.8) is 0 Å². The molecule has 5 heteroatoms. The van der Waals surface area contributed by atoms with E-state index in [9.17, 15) is 0 Å². The minimum absolute atomic E-state index is 0.259. The molecule has 0 aliphatic rings. The van der Waals surface area contributed by atoms with Crippen LogP contribution in [0.2, 0.25) is 5.02 Å². The molecule has 0 spiro atoms. The minimum Gasteiger partial charge on any atom is -0.383 e. The summed E-state index contributed by atoms with van der Waals surface area (Å²) in [5.74, 6) is 0.479. The monoisotopic (exact) mass is 284 g/mol. The van der Waals surface area contributed by atoms with Gasteiger partial charge in [-0.1, -0.05) is 42.9 Å². The number of aromatic nitrogens is 1. The molecule has 1 aromatic heterocycles. The van der Waals surface area contributed by atoms with Gasteiger partial charge in [-0.25, -0.2) is 4.98 Å². The number of halogens is 1. The van der Waals surface area contributed by atoms with Crippen molar-refractivity contribution < 1.29 is 4.74 Å². The fraction of sp³-hybridized carbons (Fsp3) is 0.462. The first kappa shape index (κ1) is 13.6. The molecule has 0 saturated carbocycles. The summed E-state index contributed by atoms with van der Waals surface area (Å²) in [7, 11) is 1.71. The third-order valence-corrected chi connectivity index (χ3v) is 4.29. The smallest absolute Gasteiger partial charge is 0.184 e. The maximum Gasteiger partial charge on any atom is 0.184 e.